The standard InChI is InChI=1S/C12H16ClFN2O2/c1-8(4-5-17)7-15-12(18)16-11-6-9(14)2-3-10(11)13/h2-3,6,8,17H,4-5,7H2,1H3,(H2,15,16,18). The van der Waals surface area contributed by atoms with Crippen LogP contribution in [-0.4, -0.2) is 24.3 Å². The van der Waals surface area contributed by atoms with Gasteiger partial charge in [-0.3, -0.25) is 0 Å². The normalized spacial score (nSPS) is 12.0. The molecule has 0 radical (unpaired) electrons. The molecule has 1 aromatic carbocycles. The molecule has 0 aliphatic heterocycles. The fourth-order valence-corrected chi connectivity index (χ4v) is 1.51. The Bertz CT molecular complexity index is 415. The van der Waals surface area contributed by atoms with Crippen LogP contribution in [0.3, 0.4) is 0 Å². The van der Waals surface area contributed by atoms with E-state index in [1.165, 1.54) is 12.1 Å². The Hall–Kier alpha value is -1.33. The van der Waals surface area contributed by atoms with E-state index in [0.717, 1.165) is 6.07 Å². The number of hydrogen-bond acceptors (Lipinski definition) is 2. The summed E-state index contributed by atoms with van der Waals surface area (Å²) in [5, 5.41) is 14.1. The fraction of sp³-hybridized carbons (Fsp3) is 0.417. The van der Waals surface area contributed by atoms with Gasteiger partial charge in [0.25, 0.3) is 0 Å². The van der Waals surface area contributed by atoms with Crippen molar-refractivity contribution in [1.82, 2.24) is 5.32 Å². The minimum absolute atomic E-state index is 0.0835. The zero-order chi connectivity index (χ0) is 13.5. The molecule has 0 bridgehead atoms. The molecule has 0 aromatic heterocycles. The van der Waals surface area contributed by atoms with E-state index >= 15 is 0 Å². The average Bonchev–Trinajstić information content (AvgIpc) is 2.32. The molecule has 1 atom stereocenters. The van der Waals surface area contributed by atoms with Gasteiger partial charge in [0.15, 0.2) is 0 Å². The first-order chi connectivity index (χ1) is 8.52. The third-order valence-electron chi connectivity index (χ3n) is 2.41. The number of benzene rings is 1. The van der Waals surface area contributed by atoms with Gasteiger partial charge < -0.3 is 15.7 Å². The quantitative estimate of drug-likeness (QED) is 0.773. The van der Waals surface area contributed by atoms with Gasteiger partial charge in [-0.05, 0) is 30.5 Å². The molecule has 0 saturated carbocycles. The van der Waals surface area contributed by atoms with Gasteiger partial charge in [-0.2, -0.15) is 0 Å². The predicted octanol–water partition coefficient (Wildman–Crippen LogP) is 2.62. The summed E-state index contributed by atoms with van der Waals surface area (Å²) in [6.45, 7) is 2.42. The highest BCUT2D eigenvalue weighted by Gasteiger charge is 2.08. The number of aliphatic hydroxyl groups excluding tert-OH is 1. The molecule has 0 heterocycles. The van der Waals surface area contributed by atoms with E-state index in [4.69, 9.17) is 16.7 Å². The molecule has 6 heteroatoms. The highest BCUT2D eigenvalue weighted by Crippen LogP contribution is 2.22. The molecule has 3 N–H and O–H groups in total. The van der Waals surface area contributed by atoms with Crippen molar-refractivity contribution in [2.45, 2.75) is 13.3 Å². The van der Waals surface area contributed by atoms with E-state index < -0.39 is 11.8 Å². The van der Waals surface area contributed by atoms with Gasteiger partial charge in [-0.25, -0.2) is 9.18 Å². The maximum atomic E-state index is 13.0. The molecule has 0 aliphatic rings. The summed E-state index contributed by atoms with van der Waals surface area (Å²) >= 11 is 5.81. The summed E-state index contributed by atoms with van der Waals surface area (Å²) in [5.74, 6) is -0.299. The van der Waals surface area contributed by atoms with E-state index in [2.05, 4.69) is 10.6 Å². The number of anilines is 1. The SMILES string of the molecule is CC(CCO)CNC(=O)Nc1cc(F)ccc1Cl. The zero-order valence-electron chi connectivity index (χ0n) is 10.0. The maximum Gasteiger partial charge on any atom is 0.319 e. The Kier molecular flexibility index (Phi) is 5.88. The van der Waals surface area contributed by atoms with Crippen molar-refractivity contribution < 1.29 is 14.3 Å². The number of amides is 2. The van der Waals surface area contributed by atoms with Crippen molar-refractivity contribution in [1.29, 1.82) is 0 Å². The van der Waals surface area contributed by atoms with Gasteiger partial charge in [0.1, 0.15) is 5.82 Å². The first kappa shape index (κ1) is 14.7. The minimum atomic E-state index is -0.469. The minimum Gasteiger partial charge on any atom is -0.396 e. The molecule has 1 aromatic rings. The van der Waals surface area contributed by atoms with Gasteiger partial charge in [0.05, 0.1) is 10.7 Å². The zero-order valence-corrected chi connectivity index (χ0v) is 10.8. The molecule has 2 amide bonds. The van der Waals surface area contributed by atoms with Crippen LogP contribution in [0.2, 0.25) is 5.02 Å². The van der Waals surface area contributed by atoms with Crippen molar-refractivity contribution in [3.05, 3.63) is 29.0 Å². The van der Waals surface area contributed by atoms with Crippen LogP contribution in [0, 0.1) is 11.7 Å². The van der Waals surface area contributed by atoms with Crippen LogP contribution in [-0.2, 0) is 0 Å². The number of hydrogen-bond donors (Lipinski definition) is 3. The summed E-state index contributed by atoms with van der Waals surface area (Å²) in [6.07, 6.45) is 0.612. The number of aliphatic hydroxyl groups is 1. The van der Waals surface area contributed by atoms with Crippen LogP contribution in [0.25, 0.3) is 0 Å². The van der Waals surface area contributed by atoms with E-state index in [1.807, 2.05) is 6.92 Å². The molecule has 100 valence electrons. The van der Waals surface area contributed by atoms with E-state index in [1.54, 1.807) is 0 Å². The van der Waals surface area contributed by atoms with Crippen LogP contribution >= 0.6 is 11.6 Å². The number of nitrogens with one attached hydrogen (secondary N) is 2. The monoisotopic (exact) mass is 274 g/mol. The Balaban J connectivity index is 2.47. The number of carbonyl (C=O) groups is 1. The largest absolute Gasteiger partial charge is 0.396 e. The topological polar surface area (TPSA) is 61.4 Å². The maximum absolute atomic E-state index is 13.0. The van der Waals surface area contributed by atoms with Crippen LogP contribution in [0.4, 0.5) is 14.9 Å². The Morgan fingerprint density at radius 2 is 2.28 bits per heavy atom. The Morgan fingerprint density at radius 1 is 1.56 bits per heavy atom. The summed E-state index contributed by atoms with van der Waals surface area (Å²) < 4.78 is 13.0. The summed E-state index contributed by atoms with van der Waals surface area (Å²) in [5.41, 5.74) is 0.226. The van der Waals surface area contributed by atoms with Gasteiger partial charge in [-0.1, -0.05) is 18.5 Å². The summed E-state index contributed by atoms with van der Waals surface area (Å²) in [6, 6.07) is 3.29. The van der Waals surface area contributed by atoms with Gasteiger partial charge in [-0.15, -0.1) is 0 Å². The van der Waals surface area contributed by atoms with Crippen molar-refractivity contribution in [2.24, 2.45) is 5.92 Å². The van der Waals surface area contributed by atoms with E-state index in [0.29, 0.717) is 13.0 Å². The van der Waals surface area contributed by atoms with Gasteiger partial charge in [0.2, 0.25) is 0 Å². The second kappa shape index (κ2) is 7.18. The van der Waals surface area contributed by atoms with E-state index in [9.17, 15) is 9.18 Å². The average molecular weight is 275 g/mol. The molecule has 18 heavy (non-hydrogen) atoms. The molecular weight excluding hydrogens is 259 g/mol. The number of carbonyl (C=O) groups excluding carboxylic acids is 1. The van der Waals surface area contributed by atoms with Crippen LogP contribution in [0.5, 0.6) is 0 Å². The second-order valence-electron chi connectivity index (χ2n) is 4.08. The second-order valence-corrected chi connectivity index (χ2v) is 4.48. The summed E-state index contributed by atoms with van der Waals surface area (Å²) in [7, 11) is 0. The van der Waals surface area contributed by atoms with Crippen molar-refractivity contribution in [3.8, 4) is 0 Å². The number of halogens is 2. The van der Waals surface area contributed by atoms with E-state index in [-0.39, 0.29) is 23.2 Å². The number of urea groups is 1. The molecule has 0 fully saturated rings. The first-order valence-corrected chi connectivity index (χ1v) is 6.01. The molecule has 4 nitrogen and oxygen atoms in total. The lowest BCUT2D eigenvalue weighted by Gasteiger charge is -2.12. The fourth-order valence-electron chi connectivity index (χ4n) is 1.35. The predicted molar refractivity (Wildman–Crippen MR) is 69.3 cm³/mol. The highest BCUT2D eigenvalue weighted by atomic mass is 35.5. The lowest BCUT2D eigenvalue weighted by atomic mass is 10.1. The molecular formula is C12H16ClFN2O2. The molecule has 0 saturated heterocycles. The van der Waals surface area contributed by atoms with Crippen molar-refractivity contribution in [2.75, 3.05) is 18.5 Å². The molecule has 1 unspecified atom stereocenters. The lowest BCUT2D eigenvalue weighted by molar-refractivity contribution is 0.243. The molecule has 1 rings (SSSR count). The third-order valence-corrected chi connectivity index (χ3v) is 2.74. The lowest BCUT2D eigenvalue weighted by Crippen LogP contribution is -2.32. The third kappa shape index (κ3) is 4.89. The Morgan fingerprint density at radius 3 is 2.94 bits per heavy atom. The highest BCUT2D eigenvalue weighted by molar-refractivity contribution is 6.33. The van der Waals surface area contributed by atoms with Gasteiger partial charge >= 0.3 is 6.03 Å². The van der Waals surface area contributed by atoms with Gasteiger partial charge in [0, 0.05) is 13.2 Å². The Labute approximate surface area is 110 Å². The first-order valence-electron chi connectivity index (χ1n) is 5.63. The molecule has 0 spiro atoms. The summed E-state index contributed by atoms with van der Waals surface area (Å²) in [4.78, 5) is 11.5. The number of rotatable bonds is 5. The van der Waals surface area contributed by atoms with Crippen LogP contribution < -0.4 is 10.6 Å². The van der Waals surface area contributed by atoms with Crippen LogP contribution in [0.15, 0.2) is 18.2 Å². The smallest absolute Gasteiger partial charge is 0.319 e. The van der Waals surface area contributed by atoms with Crippen molar-refractivity contribution >= 4 is 23.3 Å². The van der Waals surface area contributed by atoms with Crippen LogP contribution in [0.1, 0.15) is 13.3 Å². The van der Waals surface area contributed by atoms with Crippen molar-refractivity contribution in [3.63, 3.8) is 0 Å². The molecule has 0 aliphatic carbocycles.